The predicted octanol–water partition coefficient (Wildman–Crippen LogP) is 2.40. The van der Waals surface area contributed by atoms with Crippen molar-refractivity contribution in [1.29, 1.82) is 0 Å². The molecule has 18 heavy (non-hydrogen) atoms. The van der Waals surface area contributed by atoms with Crippen molar-refractivity contribution in [3.8, 4) is 5.75 Å². The third-order valence-electron chi connectivity index (χ3n) is 3.62. The lowest BCUT2D eigenvalue weighted by Gasteiger charge is -2.26. The number of hydrogen-bond acceptors (Lipinski definition) is 2. The van der Waals surface area contributed by atoms with E-state index >= 15 is 0 Å². The number of benzene rings is 1. The molecule has 1 N–H and O–H groups in total. The zero-order valence-electron chi connectivity index (χ0n) is 11.3. The van der Waals surface area contributed by atoms with E-state index in [2.05, 4.69) is 19.2 Å². The van der Waals surface area contributed by atoms with Crippen LogP contribution in [0.5, 0.6) is 5.75 Å². The molecule has 0 aromatic heterocycles. The average Bonchev–Trinajstić information content (AvgIpc) is 2.37. The molecule has 98 valence electrons. The van der Waals surface area contributed by atoms with Gasteiger partial charge >= 0.3 is 0 Å². The number of carbonyl (C=O) groups excluding carboxylic acids is 1. The number of nitrogens with one attached hydrogen (secondary N) is 1. The van der Waals surface area contributed by atoms with Gasteiger partial charge in [0.1, 0.15) is 12.4 Å². The predicted molar refractivity (Wildman–Crippen MR) is 71.6 cm³/mol. The van der Waals surface area contributed by atoms with Crippen molar-refractivity contribution in [3.63, 3.8) is 0 Å². The lowest BCUT2D eigenvalue weighted by atomic mass is 9.95. The van der Waals surface area contributed by atoms with Crippen LogP contribution >= 0.6 is 0 Å². The Morgan fingerprint density at radius 1 is 1.33 bits per heavy atom. The summed E-state index contributed by atoms with van der Waals surface area (Å²) in [7, 11) is 0. The monoisotopic (exact) mass is 247 g/mol. The highest BCUT2D eigenvalue weighted by Crippen LogP contribution is 2.26. The molecule has 2 unspecified atom stereocenters. The van der Waals surface area contributed by atoms with Gasteiger partial charge in [0.25, 0.3) is 0 Å². The topological polar surface area (TPSA) is 38.3 Å². The first-order valence-corrected chi connectivity index (χ1v) is 6.59. The van der Waals surface area contributed by atoms with E-state index in [1.807, 2.05) is 31.2 Å². The van der Waals surface area contributed by atoms with Crippen LogP contribution in [-0.2, 0) is 11.2 Å². The van der Waals surface area contributed by atoms with Gasteiger partial charge in [-0.05, 0) is 30.9 Å². The van der Waals surface area contributed by atoms with Crippen molar-refractivity contribution in [2.75, 3.05) is 6.61 Å². The number of ether oxygens (including phenoxy) is 1. The van der Waals surface area contributed by atoms with Crippen LogP contribution < -0.4 is 10.1 Å². The summed E-state index contributed by atoms with van der Waals surface area (Å²) in [5.41, 5.74) is 1.13. The first-order valence-electron chi connectivity index (χ1n) is 6.59. The minimum atomic E-state index is -0.0684. The Labute approximate surface area is 109 Å². The Morgan fingerprint density at radius 3 is 2.78 bits per heavy atom. The van der Waals surface area contributed by atoms with Crippen molar-refractivity contribution in [3.05, 3.63) is 29.8 Å². The van der Waals surface area contributed by atoms with Gasteiger partial charge in [-0.15, -0.1) is 0 Å². The van der Waals surface area contributed by atoms with Gasteiger partial charge in [-0.25, -0.2) is 0 Å². The number of carbonyl (C=O) groups is 1. The number of hydrogen-bond donors (Lipinski definition) is 1. The molecule has 3 nitrogen and oxygen atoms in total. The summed E-state index contributed by atoms with van der Waals surface area (Å²) >= 11 is 0. The van der Waals surface area contributed by atoms with Crippen molar-refractivity contribution >= 4 is 5.91 Å². The molecule has 2 atom stereocenters. The Balaban J connectivity index is 1.98. The molecule has 0 saturated carbocycles. The van der Waals surface area contributed by atoms with Crippen molar-refractivity contribution in [2.45, 2.75) is 33.2 Å². The third-order valence-corrected chi connectivity index (χ3v) is 3.62. The molecule has 0 spiro atoms. The quantitative estimate of drug-likeness (QED) is 0.890. The number of rotatable bonds is 3. The van der Waals surface area contributed by atoms with Crippen LogP contribution in [0.25, 0.3) is 0 Å². The Hall–Kier alpha value is -1.51. The second kappa shape index (κ2) is 5.42. The largest absolute Gasteiger partial charge is 0.492 e. The number of fused-ring (bicyclic) bond motifs is 1. The molecule has 0 radical (unpaired) electrons. The first kappa shape index (κ1) is 12.9. The van der Waals surface area contributed by atoms with E-state index in [1.54, 1.807) is 0 Å². The summed E-state index contributed by atoms with van der Waals surface area (Å²) in [5.74, 6) is 1.40. The minimum Gasteiger partial charge on any atom is -0.492 e. The molecule has 1 aromatic rings. The maximum absolute atomic E-state index is 12.1. The molecule has 2 rings (SSSR count). The maximum atomic E-state index is 12.1. The summed E-state index contributed by atoms with van der Waals surface area (Å²) in [4.78, 5) is 12.1. The Bertz CT molecular complexity index is 428. The van der Waals surface area contributed by atoms with Gasteiger partial charge in [0.15, 0.2) is 0 Å². The van der Waals surface area contributed by atoms with Gasteiger partial charge in [0.2, 0.25) is 5.91 Å². The van der Waals surface area contributed by atoms with Gasteiger partial charge < -0.3 is 10.1 Å². The highest BCUT2D eigenvalue weighted by Gasteiger charge is 2.26. The van der Waals surface area contributed by atoms with E-state index < -0.39 is 0 Å². The molecular formula is C15H21NO2. The van der Waals surface area contributed by atoms with E-state index in [0.717, 1.165) is 17.7 Å². The SMILES string of the molecule is CC(C)C(C)NC(=O)C1COc2ccccc2C1. The minimum absolute atomic E-state index is 0.0684. The molecule has 0 fully saturated rings. The van der Waals surface area contributed by atoms with Crippen molar-refractivity contribution < 1.29 is 9.53 Å². The molecule has 0 aliphatic carbocycles. The van der Waals surface area contributed by atoms with Crippen LogP contribution in [0.1, 0.15) is 26.3 Å². The van der Waals surface area contributed by atoms with Gasteiger partial charge in [0, 0.05) is 6.04 Å². The molecular weight excluding hydrogens is 226 g/mol. The fourth-order valence-corrected chi connectivity index (χ4v) is 2.01. The third kappa shape index (κ3) is 2.84. The average molecular weight is 247 g/mol. The molecule has 0 saturated heterocycles. The van der Waals surface area contributed by atoms with Crippen LogP contribution in [0, 0.1) is 11.8 Å². The maximum Gasteiger partial charge on any atom is 0.227 e. The lowest BCUT2D eigenvalue weighted by molar-refractivity contribution is -0.127. The standard InChI is InChI=1S/C15H21NO2/c1-10(2)11(3)16-15(17)13-8-12-6-4-5-7-14(12)18-9-13/h4-7,10-11,13H,8-9H2,1-3H3,(H,16,17). The van der Waals surface area contributed by atoms with Gasteiger partial charge in [-0.2, -0.15) is 0 Å². The first-order chi connectivity index (χ1) is 8.58. The zero-order valence-corrected chi connectivity index (χ0v) is 11.3. The summed E-state index contributed by atoms with van der Waals surface area (Å²) in [5, 5.41) is 3.06. The van der Waals surface area contributed by atoms with Crippen molar-refractivity contribution in [1.82, 2.24) is 5.32 Å². The molecule has 1 aliphatic heterocycles. The van der Waals surface area contributed by atoms with E-state index in [-0.39, 0.29) is 17.9 Å². The summed E-state index contributed by atoms with van der Waals surface area (Å²) < 4.78 is 5.64. The van der Waals surface area contributed by atoms with Crippen LogP contribution in [0.15, 0.2) is 24.3 Å². The van der Waals surface area contributed by atoms with Crippen LogP contribution in [0.4, 0.5) is 0 Å². The summed E-state index contributed by atoms with van der Waals surface area (Å²) in [6.07, 6.45) is 0.771. The van der Waals surface area contributed by atoms with Gasteiger partial charge in [0.05, 0.1) is 5.92 Å². The molecule has 1 heterocycles. The molecule has 1 aliphatic rings. The van der Waals surface area contributed by atoms with Gasteiger partial charge in [-0.3, -0.25) is 4.79 Å². The van der Waals surface area contributed by atoms with E-state index in [4.69, 9.17) is 4.74 Å². The second-order valence-corrected chi connectivity index (χ2v) is 5.36. The van der Waals surface area contributed by atoms with Crippen molar-refractivity contribution in [2.24, 2.45) is 11.8 Å². The fourth-order valence-electron chi connectivity index (χ4n) is 2.01. The summed E-state index contributed by atoms with van der Waals surface area (Å²) in [6, 6.07) is 8.13. The van der Waals surface area contributed by atoms with Crippen LogP contribution in [0.3, 0.4) is 0 Å². The van der Waals surface area contributed by atoms with Crippen LogP contribution in [0.2, 0.25) is 0 Å². The number of amides is 1. The lowest BCUT2D eigenvalue weighted by Crippen LogP contribution is -2.43. The molecule has 1 aromatic carbocycles. The second-order valence-electron chi connectivity index (χ2n) is 5.36. The van der Waals surface area contributed by atoms with E-state index in [0.29, 0.717) is 12.5 Å². The normalized spacial score (nSPS) is 19.9. The Kier molecular flexibility index (Phi) is 3.90. The smallest absolute Gasteiger partial charge is 0.227 e. The number of para-hydroxylation sites is 1. The van der Waals surface area contributed by atoms with Crippen LogP contribution in [-0.4, -0.2) is 18.6 Å². The van der Waals surface area contributed by atoms with E-state index in [9.17, 15) is 4.79 Å². The summed E-state index contributed by atoms with van der Waals surface area (Å²) in [6.45, 7) is 6.74. The van der Waals surface area contributed by atoms with Gasteiger partial charge in [-0.1, -0.05) is 32.0 Å². The Morgan fingerprint density at radius 2 is 2.06 bits per heavy atom. The molecule has 0 bridgehead atoms. The highest BCUT2D eigenvalue weighted by atomic mass is 16.5. The molecule has 1 amide bonds. The molecule has 3 heteroatoms. The highest BCUT2D eigenvalue weighted by molar-refractivity contribution is 5.79. The zero-order chi connectivity index (χ0) is 13.1. The van der Waals surface area contributed by atoms with E-state index in [1.165, 1.54) is 0 Å². The fraction of sp³-hybridized carbons (Fsp3) is 0.533.